The summed E-state index contributed by atoms with van der Waals surface area (Å²) < 4.78 is 1.37. The molecule has 2 heterocycles. The van der Waals surface area contributed by atoms with Gasteiger partial charge in [-0.05, 0) is 0 Å². The van der Waals surface area contributed by atoms with E-state index in [0.29, 0.717) is 5.82 Å². The third-order valence-corrected chi connectivity index (χ3v) is 2.01. The van der Waals surface area contributed by atoms with Gasteiger partial charge in [-0.1, -0.05) is 0 Å². The van der Waals surface area contributed by atoms with E-state index in [0.717, 1.165) is 0 Å². The van der Waals surface area contributed by atoms with E-state index in [9.17, 15) is 10.1 Å². The Labute approximate surface area is 76.6 Å². The third-order valence-electron chi connectivity index (χ3n) is 1.43. The van der Waals surface area contributed by atoms with Gasteiger partial charge in [0.05, 0.1) is 10.4 Å². The van der Waals surface area contributed by atoms with Crippen molar-refractivity contribution in [2.75, 3.05) is 0 Å². The maximum absolute atomic E-state index is 10.3. The highest BCUT2D eigenvalue weighted by Gasteiger charge is 2.10. The molecule has 2 aromatic heterocycles. The van der Waals surface area contributed by atoms with E-state index >= 15 is 0 Å². The van der Waals surface area contributed by atoms with Crippen molar-refractivity contribution >= 4 is 17.0 Å². The van der Waals surface area contributed by atoms with Crippen molar-refractivity contribution in [3.63, 3.8) is 0 Å². The van der Waals surface area contributed by atoms with Crippen LogP contribution in [0.2, 0.25) is 0 Å². The van der Waals surface area contributed by atoms with Gasteiger partial charge in [-0.15, -0.1) is 11.3 Å². The van der Waals surface area contributed by atoms with Crippen molar-refractivity contribution in [3.8, 4) is 5.82 Å². The zero-order valence-corrected chi connectivity index (χ0v) is 7.14. The van der Waals surface area contributed by atoms with Crippen LogP contribution < -0.4 is 0 Å². The summed E-state index contributed by atoms with van der Waals surface area (Å²) in [6, 6.07) is 0. The van der Waals surface area contributed by atoms with Gasteiger partial charge in [0.25, 0.3) is 0 Å². The Morgan fingerprint density at radius 2 is 2.46 bits per heavy atom. The molecule has 0 aromatic carbocycles. The second-order valence-electron chi connectivity index (χ2n) is 2.25. The Balaban J connectivity index is 2.39. The van der Waals surface area contributed by atoms with Gasteiger partial charge in [-0.3, -0.25) is 10.1 Å². The van der Waals surface area contributed by atoms with Crippen LogP contribution in [0.4, 0.5) is 5.69 Å². The van der Waals surface area contributed by atoms with E-state index in [2.05, 4.69) is 10.1 Å². The lowest BCUT2D eigenvalue weighted by Gasteiger charge is -1.90. The van der Waals surface area contributed by atoms with E-state index < -0.39 is 4.92 Å². The largest absolute Gasteiger partial charge is 0.307 e. The van der Waals surface area contributed by atoms with Gasteiger partial charge in [0.15, 0.2) is 5.82 Å². The van der Waals surface area contributed by atoms with Crippen LogP contribution in [0.3, 0.4) is 0 Å². The van der Waals surface area contributed by atoms with Crippen LogP contribution >= 0.6 is 11.3 Å². The molecule has 0 aliphatic rings. The molecular weight excluding hydrogens is 192 g/mol. The summed E-state index contributed by atoms with van der Waals surface area (Å²) in [6.45, 7) is 0. The van der Waals surface area contributed by atoms with E-state index in [1.54, 1.807) is 10.9 Å². The molecular formula is C6H4N4O2S. The van der Waals surface area contributed by atoms with Crippen molar-refractivity contribution in [2.45, 2.75) is 0 Å². The first kappa shape index (κ1) is 7.87. The Morgan fingerprint density at radius 1 is 1.62 bits per heavy atom. The van der Waals surface area contributed by atoms with Gasteiger partial charge in [-0.25, -0.2) is 9.67 Å². The van der Waals surface area contributed by atoms with Crippen LogP contribution in [0.15, 0.2) is 23.3 Å². The highest BCUT2D eigenvalue weighted by Crippen LogP contribution is 2.12. The molecule has 2 aromatic rings. The molecule has 2 rings (SSSR count). The maximum Gasteiger partial charge on any atom is 0.307 e. The predicted octanol–water partition coefficient (Wildman–Crippen LogP) is 1.24. The minimum atomic E-state index is -0.490. The fourth-order valence-corrected chi connectivity index (χ4v) is 1.37. The van der Waals surface area contributed by atoms with Crippen LogP contribution in [-0.4, -0.2) is 19.7 Å². The van der Waals surface area contributed by atoms with Gasteiger partial charge in [0.2, 0.25) is 0 Å². The van der Waals surface area contributed by atoms with E-state index in [-0.39, 0.29) is 5.69 Å². The summed E-state index contributed by atoms with van der Waals surface area (Å²) in [5.74, 6) is 0.595. The molecule has 0 spiro atoms. The van der Waals surface area contributed by atoms with Gasteiger partial charge in [0, 0.05) is 5.38 Å². The zero-order chi connectivity index (χ0) is 9.26. The third kappa shape index (κ3) is 1.41. The van der Waals surface area contributed by atoms with E-state index in [4.69, 9.17) is 0 Å². The van der Waals surface area contributed by atoms with Crippen molar-refractivity contribution < 1.29 is 4.92 Å². The SMILES string of the molecule is O=[N+]([O-])c1cnn(-c2cscn2)c1. The molecule has 0 bridgehead atoms. The van der Waals surface area contributed by atoms with Gasteiger partial charge in [0.1, 0.15) is 12.4 Å². The van der Waals surface area contributed by atoms with Crippen molar-refractivity contribution in [1.29, 1.82) is 0 Å². The molecule has 0 saturated carbocycles. The molecule has 0 amide bonds. The topological polar surface area (TPSA) is 73.8 Å². The first-order valence-electron chi connectivity index (χ1n) is 3.35. The summed E-state index contributed by atoms with van der Waals surface area (Å²) in [5.41, 5.74) is 1.61. The predicted molar refractivity (Wildman–Crippen MR) is 45.9 cm³/mol. The first-order chi connectivity index (χ1) is 6.27. The molecule has 6 nitrogen and oxygen atoms in total. The molecule has 0 radical (unpaired) electrons. The van der Waals surface area contributed by atoms with Crippen LogP contribution in [-0.2, 0) is 0 Å². The molecule has 0 fully saturated rings. The van der Waals surface area contributed by atoms with Crippen LogP contribution in [0.1, 0.15) is 0 Å². The molecule has 7 heteroatoms. The molecule has 0 aliphatic heterocycles. The molecule has 0 unspecified atom stereocenters. The second kappa shape index (κ2) is 2.94. The minimum Gasteiger partial charge on any atom is -0.258 e. The fourth-order valence-electron chi connectivity index (χ4n) is 0.852. The lowest BCUT2D eigenvalue weighted by Crippen LogP contribution is -1.93. The Morgan fingerprint density at radius 3 is 3.00 bits per heavy atom. The second-order valence-corrected chi connectivity index (χ2v) is 2.97. The van der Waals surface area contributed by atoms with Crippen molar-refractivity contribution in [3.05, 3.63) is 33.4 Å². The van der Waals surface area contributed by atoms with Crippen LogP contribution in [0.25, 0.3) is 5.82 Å². The standard InChI is InChI=1S/C6H4N4O2S/c11-10(12)5-1-8-9(2-5)6-3-13-4-7-6/h1-4H. The average Bonchev–Trinajstić information content (AvgIpc) is 2.75. The fraction of sp³-hybridized carbons (Fsp3) is 0. The van der Waals surface area contributed by atoms with Gasteiger partial charge >= 0.3 is 5.69 Å². The molecule has 13 heavy (non-hydrogen) atoms. The summed E-state index contributed by atoms with van der Waals surface area (Å²) >= 11 is 1.41. The summed E-state index contributed by atoms with van der Waals surface area (Å²) in [4.78, 5) is 13.8. The maximum atomic E-state index is 10.3. The Bertz CT molecular complexity index is 422. The number of thiazole rings is 1. The quantitative estimate of drug-likeness (QED) is 0.535. The van der Waals surface area contributed by atoms with E-state index in [1.165, 1.54) is 28.4 Å². The van der Waals surface area contributed by atoms with Gasteiger partial charge < -0.3 is 0 Å². The number of aromatic nitrogens is 3. The number of nitro groups is 1. The lowest BCUT2D eigenvalue weighted by molar-refractivity contribution is -0.384. The number of nitrogens with zero attached hydrogens (tertiary/aromatic N) is 4. The Hall–Kier alpha value is -1.76. The number of hydrogen-bond donors (Lipinski definition) is 0. The average molecular weight is 196 g/mol. The minimum absolute atomic E-state index is 0.0343. The zero-order valence-electron chi connectivity index (χ0n) is 6.32. The highest BCUT2D eigenvalue weighted by molar-refractivity contribution is 7.07. The Kier molecular flexibility index (Phi) is 1.78. The molecule has 0 N–H and O–H groups in total. The normalized spacial score (nSPS) is 10.2. The smallest absolute Gasteiger partial charge is 0.258 e. The molecule has 66 valence electrons. The van der Waals surface area contributed by atoms with Crippen LogP contribution in [0, 0.1) is 10.1 Å². The molecule has 0 atom stereocenters. The monoisotopic (exact) mass is 196 g/mol. The van der Waals surface area contributed by atoms with E-state index in [1.807, 2.05) is 0 Å². The number of hydrogen-bond acceptors (Lipinski definition) is 5. The van der Waals surface area contributed by atoms with Crippen LogP contribution in [0.5, 0.6) is 0 Å². The van der Waals surface area contributed by atoms with Crippen molar-refractivity contribution in [2.24, 2.45) is 0 Å². The first-order valence-corrected chi connectivity index (χ1v) is 4.29. The van der Waals surface area contributed by atoms with Gasteiger partial charge in [-0.2, -0.15) is 5.10 Å². The number of rotatable bonds is 2. The summed E-state index contributed by atoms with van der Waals surface area (Å²) in [6.07, 6.45) is 2.52. The molecule has 0 aliphatic carbocycles. The lowest BCUT2D eigenvalue weighted by atomic mass is 10.6. The van der Waals surface area contributed by atoms with Crippen molar-refractivity contribution in [1.82, 2.24) is 14.8 Å². The molecule has 0 saturated heterocycles. The summed E-state index contributed by atoms with van der Waals surface area (Å²) in [7, 11) is 0. The highest BCUT2D eigenvalue weighted by atomic mass is 32.1. The summed E-state index contributed by atoms with van der Waals surface area (Å²) in [5, 5.41) is 15.9.